The summed E-state index contributed by atoms with van der Waals surface area (Å²) in [6.45, 7) is 2.05. The predicted octanol–water partition coefficient (Wildman–Crippen LogP) is 2.91. The Morgan fingerprint density at radius 2 is 1.90 bits per heavy atom. The van der Waals surface area contributed by atoms with Crippen molar-refractivity contribution in [2.24, 2.45) is 0 Å². The summed E-state index contributed by atoms with van der Waals surface area (Å²) in [5, 5.41) is 13.4. The molecule has 162 valence electrons. The van der Waals surface area contributed by atoms with Crippen LogP contribution in [-0.4, -0.2) is 42.5 Å². The van der Waals surface area contributed by atoms with Crippen molar-refractivity contribution in [2.45, 2.75) is 25.9 Å². The number of nitrogens with zero attached hydrogens (tertiary/aromatic N) is 2. The van der Waals surface area contributed by atoms with Gasteiger partial charge in [0.25, 0.3) is 11.6 Å². The van der Waals surface area contributed by atoms with E-state index in [1.807, 2.05) is 0 Å². The molecule has 0 radical (unpaired) electrons. The predicted molar refractivity (Wildman–Crippen MR) is 111 cm³/mol. The molecule has 0 aromatic heterocycles. The van der Waals surface area contributed by atoms with Gasteiger partial charge in [-0.25, -0.2) is 4.79 Å². The number of ether oxygens (including phenoxy) is 2. The van der Waals surface area contributed by atoms with Crippen LogP contribution in [-0.2, 0) is 14.3 Å². The lowest BCUT2D eigenvalue weighted by Crippen LogP contribution is -2.30. The molecular formula is C21H21N3O7. The minimum Gasteiger partial charge on any atom is -0.494 e. The maximum absolute atomic E-state index is 12.4. The van der Waals surface area contributed by atoms with Gasteiger partial charge in [-0.05, 0) is 43.7 Å². The number of carbonyl (C=O) groups is 3. The standard InChI is InChI=1S/C21H21N3O7/c1-13(20(26)22-17-10-9-16(24(28)29)12-18(17)30-2)31-21(27)14-5-7-15(8-6-14)23-11-3-4-19(23)25/h5-10,12-13H,3-4,11H2,1-2H3,(H,22,26)/t13-/m1/s1. The van der Waals surface area contributed by atoms with Crippen LogP contribution in [0.2, 0.25) is 0 Å². The number of nitro groups is 1. The van der Waals surface area contributed by atoms with Crippen molar-refractivity contribution >= 4 is 34.8 Å². The average Bonchev–Trinajstić information content (AvgIpc) is 3.19. The summed E-state index contributed by atoms with van der Waals surface area (Å²) in [5.74, 6) is -1.17. The number of hydrogen-bond donors (Lipinski definition) is 1. The molecule has 2 amide bonds. The summed E-state index contributed by atoms with van der Waals surface area (Å²) in [4.78, 5) is 48.5. The average molecular weight is 427 g/mol. The number of rotatable bonds is 7. The molecule has 3 rings (SSSR count). The van der Waals surface area contributed by atoms with Crippen LogP contribution in [0, 0.1) is 10.1 Å². The van der Waals surface area contributed by atoms with Crippen molar-refractivity contribution in [3.63, 3.8) is 0 Å². The number of esters is 1. The zero-order valence-electron chi connectivity index (χ0n) is 17.0. The van der Waals surface area contributed by atoms with Crippen molar-refractivity contribution in [1.29, 1.82) is 0 Å². The smallest absolute Gasteiger partial charge is 0.338 e. The SMILES string of the molecule is COc1cc([N+](=O)[O-])ccc1NC(=O)[C@@H](C)OC(=O)c1ccc(N2CCCC2=O)cc1. The maximum atomic E-state index is 12.4. The molecule has 10 nitrogen and oxygen atoms in total. The Hall–Kier alpha value is -3.95. The van der Waals surface area contributed by atoms with Crippen molar-refractivity contribution in [3.8, 4) is 5.75 Å². The number of nitrogens with one attached hydrogen (secondary N) is 1. The van der Waals surface area contributed by atoms with Crippen LogP contribution in [0.4, 0.5) is 17.1 Å². The zero-order valence-corrected chi connectivity index (χ0v) is 17.0. The molecule has 1 aliphatic heterocycles. The van der Waals surface area contributed by atoms with Crippen LogP contribution in [0.25, 0.3) is 0 Å². The van der Waals surface area contributed by atoms with Gasteiger partial charge >= 0.3 is 5.97 Å². The molecule has 2 aromatic carbocycles. The van der Waals surface area contributed by atoms with Gasteiger partial charge in [-0.3, -0.25) is 19.7 Å². The number of benzene rings is 2. The second-order valence-corrected chi connectivity index (χ2v) is 6.87. The summed E-state index contributed by atoms with van der Waals surface area (Å²) < 4.78 is 10.3. The molecule has 1 heterocycles. The maximum Gasteiger partial charge on any atom is 0.338 e. The Morgan fingerprint density at radius 1 is 1.19 bits per heavy atom. The van der Waals surface area contributed by atoms with E-state index in [0.29, 0.717) is 18.7 Å². The topological polar surface area (TPSA) is 128 Å². The Morgan fingerprint density at radius 3 is 2.48 bits per heavy atom. The molecule has 0 aliphatic carbocycles. The third-order valence-electron chi connectivity index (χ3n) is 4.79. The van der Waals surface area contributed by atoms with E-state index in [9.17, 15) is 24.5 Å². The zero-order chi connectivity index (χ0) is 22.5. The molecule has 0 unspecified atom stereocenters. The van der Waals surface area contributed by atoms with Crippen LogP contribution in [0.3, 0.4) is 0 Å². The van der Waals surface area contributed by atoms with E-state index < -0.39 is 22.9 Å². The Balaban J connectivity index is 1.62. The first-order valence-corrected chi connectivity index (χ1v) is 9.55. The number of amides is 2. The monoisotopic (exact) mass is 427 g/mol. The molecule has 0 spiro atoms. The van der Waals surface area contributed by atoms with Gasteiger partial charge in [0, 0.05) is 24.7 Å². The molecule has 1 aliphatic rings. The van der Waals surface area contributed by atoms with E-state index in [-0.39, 0.29) is 28.6 Å². The molecule has 10 heteroatoms. The van der Waals surface area contributed by atoms with Crippen LogP contribution < -0.4 is 15.0 Å². The summed E-state index contributed by atoms with van der Waals surface area (Å²) in [6, 6.07) is 10.1. The Labute approximate surface area is 177 Å². The van der Waals surface area contributed by atoms with Crippen molar-refractivity contribution in [1.82, 2.24) is 0 Å². The molecule has 1 saturated heterocycles. The molecule has 31 heavy (non-hydrogen) atoms. The number of nitro benzene ring substituents is 1. The largest absolute Gasteiger partial charge is 0.494 e. The highest BCUT2D eigenvalue weighted by Crippen LogP contribution is 2.29. The van der Waals surface area contributed by atoms with Gasteiger partial charge in [0.15, 0.2) is 6.10 Å². The van der Waals surface area contributed by atoms with Gasteiger partial charge in [-0.1, -0.05) is 0 Å². The van der Waals surface area contributed by atoms with Crippen LogP contribution >= 0.6 is 0 Å². The fraction of sp³-hybridized carbons (Fsp3) is 0.286. The lowest BCUT2D eigenvalue weighted by atomic mass is 10.2. The van der Waals surface area contributed by atoms with Crippen molar-refractivity contribution in [2.75, 3.05) is 23.9 Å². The molecule has 1 N–H and O–H groups in total. The number of carbonyl (C=O) groups excluding carboxylic acids is 3. The van der Waals surface area contributed by atoms with Gasteiger partial charge in [0.2, 0.25) is 5.91 Å². The molecule has 2 aromatic rings. The number of non-ortho nitro benzene ring substituents is 1. The highest BCUT2D eigenvalue weighted by atomic mass is 16.6. The summed E-state index contributed by atoms with van der Waals surface area (Å²) in [5.41, 5.74) is 0.965. The van der Waals surface area contributed by atoms with Crippen molar-refractivity contribution in [3.05, 3.63) is 58.1 Å². The Kier molecular flexibility index (Phi) is 6.49. The van der Waals surface area contributed by atoms with E-state index in [1.54, 1.807) is 17.0 Å². The van der Waals surface area contributed by atoms with E-state index in [4.69, 9.17) is 9.47 Å². The highest BCUT2D eigenvalue weighted by Gasteiger charge is 2.23. The fourth-order valence-electron chi connectivity index (χ4n) is 3.11. The number of hydrogen-bond acceptors (Lipinski definition) is 7. The van der Waals surface area contributed by atoms with E-state index in [2.05, 4.69) is 5.32 Å². The second-order valence-electron chi connectivity index (χ2n) is 6.87. The second kappa shape index (κ2) is 9.24. The third kappa shape index (κ3) is 4.97. The summed E-state index contributed by atoms with van der Waals surface area (Å²) >= 11 is 0. The molecule has 1 atom stereocenters. The highest BCUT2D eigenvalue weighted by molar-refractivity contribution is 5.99. The number of anilines is 2. The van der Waals surface area contributed by atoms with Gasteiger partial charge in [-0.15, -0.1) is 0 Å². The van der Waals surface area contributed by atoms with E-state index >= 15 is 0 Å². The third-order valence-corrected chi connectivity index (χ3v) is 4.79. The number of methoxy groups -OCH3 is 1. The van der Waals surface area contributed by atoms with Crippen LogP contribution in [0.15, 0.2) is 42.5 Å². The van der Waals surface area contributed by atoms with Gasteiger partial charge in [-0.2, -0.15) is 0 Å². The minimum atomic E-state index is -1.13. The minimum absolute atomic E-state index is 0.0438. The first-order chi connectivity index (χ1) is 14.8. The lowest BCUT2D eigenvalue weighted by molar-refractivity contribution is -0.384. The quantitative estimate of drug-likeness (QED) is 0.409. The van der Waals surface area contributed by atoms with E-state index in [0.717, 1.165) is 6.42 Å². The normalized spacial score (nSPS) is 14.1. The first kappa shape index (κ1) is 21.8. The molecule has 0 saturated carbocycles. The van der Waals surface area contributed by atoms with Crippen LogP contribution in [0.1, 0.15) is 30.1 Å². The van der Waals surface area contributed by atoms with Crippen LogP contribution in [0.5, 0.6) is 5.75 Å². The summed E-state index contributed by atoms with van der Waals surface area (Å²) in [6.07, 6.45) is 0.178. The molecule has 0 bridgehead atoms. The molecular weight excluding hydrogens is 406 g/mol. The lowest BCUT2D eigenvalue weighted by Gasteiger charge is -2.17. The van der Waals surface area contributed by atoms with Crippen molar-refractivity contribution < 1.29 is 28.8 Å². The van der Waals surface area contributed by atoms with Gasteiger partial charge in [0.1, 0.15) is 5.75 Å². The van der Waals surface area contributed by atoms with Gasteiger partial charge < -0.3 is 19.7 Å². The summed E-state index contributed by atoms with van der Waals surface area (Å²) in [7, 11) is 1.32. The van der Waals surface area contributed by atoms with E-state index in [1.165, 1.54) is 44.4 Å². The van der Waals surface area contributed by atoms with Gasteiger partial charge in [0.05, 0.1) is 29.4 Å². The fourth-order valence-corrected chi connectivity index (χ4v) is 3.11. The molecule has 1 fully saturated rings. The first-order valence-electron chi connectivity index (χ1n) is 9.55. The Bertz CT molecular complexity index is 1020.